The van der Waals surface area contributed by atoms with Crippen LogP contribution in [0.1, 0.15) is 22.7 Å². The lowest BCUT2D eigenvalue weighted by Crippen LogP contribution is -2.47. The number of nitro benzene ring substituents is 1. The third kappa shape index (κ3) is 4.40. The number of rotatable bonds is 4. The molecule has 29 heavy (non-hydrogen) atoms. The maximum atomic E-state index is 12.3. The van der Waals surface area contributed by atoms with Gasteiger partial charge in [0.15, 0.2) is 5.92 Å². The van der Waals surface area contributed by atoms with Crippen LogP contribution < -0.4 is 10.7 Å². The molecule has 0 aliphatic carbocycles. The van der Waals surface area contributed by atoms with Crippen LogP contribution in [0.15, 0.2) is 58.6 Å². The zero-order valence-electron chi connectivity index (χ0n) is 14.8. The third-order valence-electron chi connectivity index (χ3n) is 4.12. The summed E-state index contributed by atoms with van der Waals surface area (Å²) in [6.07, 6.45) is 1.41. The summed E-state index contributed by atoms with van der Waals surface area (Å²) in [7, 11) is 0. The smallest absolute Gasteiger partial charge is 0.269 e. The summed E-state index contributed by atoms with van der Waals surface area (Å²) in [5, 5.41) is 35.3. The number of carbonyl (C=O) groups excluding carboxylic acids is 1. The van der Waals surface area contributed by atoms with E-state index in [1.165, 1.54) is 30.5 Å². The molecule has 2 aromatic rings. The van der Waals surface area contributed by atoms with Gasteiger partial charge in [-0.3, -0.25) is 20.2 Å². The number of hydrazone groups is 1. The van der Waals surface area contributed by atoms with Gasteiger partial charge in [0.25, 0.3) is 5.69 Å². The van der Waals surface area contributed by atoms with E-state index in [-0.39, 0.29) is 11.6 Å². The van der Waals surface area contributed by atoms with Gasteiger partial charge in [0.05, 0.1) is 28.8 Å². The monoisotopic (exact) mass is 387 g/mol. The Morgan fingerprint density at radius 1 is 1.17 bits per heavy atom. The first-order chi connectivity index (χ1) is 14.0. The molecule has 2 atom stereocenters. The lowest BCUT2D eigenvalue weighted by atomic mass is 9.92. The Labute approximate surface area is 164 Å². The number of amides is 1. The fourth-order valence-electron chi connectivity index (χ4n) is 2.64. The number of nitro groups is 1. The van der Waals surface area contributed by atoms with Crippen molar-refractivity contribution in [2.45, 2.75) is 6.04 Å². The van der Waals surface area contributed by atoms with Crippen LogP contribution in [-0.2, 0) is 4.79 Å². The fraction of sp³-hybridized carbons (Fsp3) is 0.105. The molecule has 3 rings (SSSR count). The van der Waals surface area contributed by atoms with Crippen molar-refractivity contribution in [3.05, 3.63) is 75.3 Å². The molecule has 0 saturated carbocycles. The maximum Gasteiger partial charge on any atom is 0.269 e. The molecular weight excluding hydrogens is 374 g/mol. The molecule has 10 nitrogen and oxygen atoms in total. The lowest BCUT2D eigenvalue weighted by molar-refractivity contribution is -0.384. The van der Waals surface area contributed by atoms with E-state index >= 15 is 0 Å². The predicted octanol–water partition coefficient (Wildman–Crippen LogP) is 1.76. The second-order valence-corrected chi connectivity index (χ2v) is 5.97. The van der Waals surface area contributed by atoms with Gasteiger partial charge in [0.2, 0.25) is 11.9 Å². The Hall–Kier alpha value is -4.57. The first kappa shape index (κ1) is 19.2. The highest BCUT2D eigenvalue weighted by Crippen LogP contribution is 2.28. The fourth-order valence-corrected chi connectivity index (χ4v) is 2.64. The number of nitriles is 2. The molecule has 1 aliphatic heterocycles. The van der Waals surface area contributed by atoms with Crippen LogP contribution in [0.25, 0.3) is 0 Å². The molecule has 142 valence electrons. The van der Waals surface area contributed by atoms with E-state index in [0.717, 1.165) is 0 Å². The molecular formula is C19H13N7O3. The van der Waals surface area contributed by atoms with E-state index in [2.05, 4.69) is 20.8 Å². The van der Waals surface area contributed by atoms with Crippen LogP contribution >= 0.6 is 0 Å². The molecule has 2 unspecified atom stereocenters. The highest BCUT2D eigenvalue weighted by Gasteiger charge is 2.34. The first-order valence-electron chi connectivity index (χ1n) is 8.33. The largest absolute Gasteiger partial charge is 0.294 e. The van der Waals surface area contributed by atoms with Crippen molar-refractivity contribution in [3.8, 4) is 12.1 Å². The van der Waals surface area contributed by atoms with Crippen LogP contribution in [-0.4, -0.2) is 23.0 Å². The van der Waals surface area contributed by atoms with Crippen LogP contribution in [0, 0.1) is 38.7 Å². The van der Waals surface area contributed by atoms with E-state index in [1.54, 1.807) is 24.3 Å². The molecule has 2 aromatic carbocycles. The minimum atomic E-state index is -1.02. The molecule has 0 spiro atoms. The number of guanidine groups is 1. The summed E-state index contributed by atoms with van der Waals surface area (Å²) < 4.78 is 0. The summed E-state index contributed by atoms with van der Waals surface area (Å²) in [4.78, 5) is 26.8. The van der Waals surface area contributed by atoms with E-state index in [4.69, 9.17) is 5.26 Å². The second-order valence-electron chi connectivity index (χ2n) is 5.97. The number of nitrogens with zero attached hydrogens (tertiary/aromatic N) is 5. The normalized spacial score (nSPS) is 18.3. The van der Waals surface area contributed by atoms with Crippen molar-refractivity contribution in [1.29, 1.82) is 10.5 Å². The van der Waals surface area contributed by atoms with Crippen molar-refractivity contribution in [2.75, 3.05) is 0 Å². The Balaban J connectivity index is 1.78. The van der Waals surface area contributed by atoms with Crippen molar-refractivity contribution in [3.63, 3.8) is 0 Å². The quantitative estimate of drug-likeness (QED) is 0.462. The van der Waals surface area contributed by atoms with E-state index in [1.807, 2.05) is 12.1 Å². The van der Waals surface area contributed by atoms with Gasteiger partial charge in [0.1, 0.15) is 6.04 Å². The molecule has 0 saturated heterocycles. The summed E-state index contributed by atoms with van der Waals surface area (Å²) in [6.45, 7) is 0. The minimum Gasteiger partial charge on any atom is -0.294 e. The Morgan fingerprint density at radius 2 is 1.86 bits per heavy atom. The number of hydrogen-bond donors (Lipinski definition) is 2. The van der Waals surface area contributed by atoms with Gasteiger partial charge in [-0.25, -0.2) is 10.4 Å². The molecule has 0 radical (unpaired) electrons. The van der Waals surface area contributed by atoms with Crippen molar-refractivity contribution >= 4 is 23.8 Å². The van der Waals surface area contributed by atoms with Gasteiger partial charge < -0.3 is 0 Å². The SMILES string of the molecule is N#Cc1ccc(C2N=C(N/N=C/c3ccc([N+](=O)[O-])cc3)NC(=O)C2C#N)cc1. The average molecular weight is 387 g/mol. The number of benzene rings is 2. The number of non-ortho nitro benzene ring substituents is 1. The van der Waals surface area contributed by atoms with Crippen molar-refractivity contribution in [1.82, 2.24) is 10.7 Å². The second kappa shape index (κ2) is 8.41. The summed E-state index contributed by atoms with van der Waals surface area (Å²) in [5.74, 6) is -1.48. The number of hydrogen-bond acceptors (Lipinski definition) is 8. The van der Waals surface area contributed by atoms with Gasteiger partial charge in [-0.15, -0.1) is 0 Å². The molecule has 1 aliphatic rings. The molecule has 10 heteroatoms. The average Bonchev–Trinajstić information content (AvgIpc) is 2.74. The zero-order chi connectivity index (χ0) is 20.8. The lowest BCUT2D eigenvalue weighted by Gasteiger charge is -2.24. The van der Waals surface area contributed by atoms with Gasteiger partial charge in [-0.1, -0.05) is 12.1 Å². The molecule has 2 N–H and O–H groups in total. The summed E-state index contributed by atoms with van der Waals surface area (Å²) in [5.41, 5.74) is 4.23. The molecule has 1 amide bonds. The van der Waals surface area contributed by atoms with Gasteiger partial charge in [-0.05, 0) is 35.4 Å². The Morgan fingerprint density at radius 3 is 2.45 bits per heavy atom. The number of aliphatic imine (C=N–C) groups is 1. The topological polar surface area (TPSA) is 157 Å². The highest BCUT2D eigenvalue weighted by molar-refractivity contribution is 6.01. The third-order valence-corrected chi connectivity index (χ3v) is 4.12. The highest BCUT2D eigenvalue weighted by atomic mass is 16.6. The molecule has 0 aromatic heterocycles. The van der Waals surface area contributed by atoms with Crippen LogP contribution in [0.5, 0.6) is 0 Å². The maximum absolute atomic E-state index is 12.3. The Bertz CT molecular complexity index is 1080. The molecule has 0 fully saturated rings. The summed E-state index contributed by atoms with van der Waals surface area (Å²) in [6, 6.07) is 15.4. The minimum absolute atomic E-state index is 0.0353. The predicted molar refractivity (Wildman–Crippen MR) is 102 cm³/mol. The van der Waals surface area contributed by atoms with E-state index in [0.29, 0.717) is 16.7 Å². The van der Waals surface area contributed by atoms with Crippen LogP contribution in [0.3, 0.4) is 0 Å². The Kier molecular flexibility index (Phi) is 5.57. The van der Waals surface area contributed by atoms with Gasteiger partial charge in [0, 0.05) is 12.1 Å². The molecule has 1 heterocycles. The van der Waals surface area contributed by atoms with E-state index in [9.17, 15) is 20.2 Å². The number of nitrogens with one attached hydrogen (secondary N) is 2. The van der Waals surface area contributed by atoms with Gasteiger partial charge in [-0.2, -0.15) is 15.6 Å². The van der Waals surface area contributed by atoms with Gasteiger partial charge >= 0.3 is 0 Å². The van der Waals surface area contributed by atoms with Crippen molar-refractivity contribution < 1.29 is 9.72 Å². The number of carbonyl (C=O) groups is 1. The molecule has 0 bridgehead atoms. The van der Waals surface area contributed by atoms with Crippen LogP contribution in [0.4, 0.5) is 5.69 Å². The summed E-state index contributed by atoms with van der Waals surface area (Å²) >= 11 is 0. The van der Waals surface area contributed by atoms with Crippen LogP contribution in [0.2, 0.25) is 0 Å². The van der Waals surface area contributed by atoms with E-state index < -0.39 is 22.8 Å². The van der Waals surface area contributed by atoms with Crippen molar-refractivity contribution in [2.24, 2.45) is 16.0 Å². The zero-order valence-corrected chi connectivity index (χ0v) is 14.8. The first-order valence-corrected chi connectivity index (χ1v) is 8.33. The standard InChI is InChI=1S/C19H13N7O3/c20-9-12-1-5-14(6-2-12)17-16(10-21)18(27)24-19(23-17)25-22-11-13-3-7-15(8-4-13)26(28)29/h1-8,11,16-17H,(H2,23,24,25,27)/b22-11+.